The van der Waals surface area contributed by atoms with Gasteiger partial charge in [-0.15, -0.1) is 0 Å². The molecule has 0 radical (unpaired) electrons. The molecule has 0 saturated heterocycles. The molecule has 0 atom stereocenters. The number of benzene rings is 3. The van der Waals surface area contributed by atoms with Crippen molar-refractivity contribution in [3.05, 3.63) is 101 Å². The molecule has 2 heteroatoms. The molecule has 0 bridgehead atoms. The zero-order valence-electron chi connectivity index (χ0n) is 17.3. The third kappa shape index (κ3) is 2.84. The summed E-state index contributed by atoms with van der Waals surface area (Å²) in [5, 5.41) is 5.02. The molecule has 5 rings (SSSR count). The van der Waals surface area contributed by atoms with Gasteiger partial charge in [-0.3, -0.25) is 4.99 Å². The van der Waals surface area contributed by atoms with Crippen LogP contribution in [-0.2, 0) is 0 Å². The van der Waals surface area contributed by atoms with Gasteiger partial charge in [0.1, 0.15) is 0 Å². The number of hydrogen-bond donors (Lipinski definition) is 1. The van der Waals surface area contributed by atoms with E-state index < -0.39 is 0 Å². The molecule has 1 aliphatic rings. The van der Waals surface area contributed by atoms with Crippen molar-refractivity contribution in [3.8, 4) is 0 Å². The molecule has 0 unspecified atom stereocenters. The lowest BCUT2D eigenvalue weighted by molar-refractivity contribution is 1.21. The third-order valence-electron chi connectivity index (χ3n) is 5.74. The maximum Gasteiger partial charge on any atom is 0.0762 e. The molecule has 1 N–H and O–H groups in total. The van der Waals surface area contributed by atoms with Crippen LogP contribution in [0, 0.1) is 13.8 Å². The van der Waals surface area contributed by atoms with Gasteiger partial charge in [0.2, 0.25) is 0 Å². The molecule has 0 spiro atoms. The van der Waals surface area contributed by atoms with E-state index in [0.29, 0.717) is 0 Å². The van der Waals surface area contributed by atoms with E-state index in [9.17, 15) is 0 Å². The maximum absolute atomic E-state index is 4.97. The summed E-state index contributed by atoms with van der Waals surface area (Å²) in [6.45, 7) is 8.53. The van der Waals surface area contributed by atoms with Crippen molar-refractivity contribution in [1.29, 1.82) is 0 Å². The van der Waals surface area contributed by atoms with Gasteiger partial charge >= 0.3 is 0 Å². The summed E-state index contributed by atoms with van der Waals surface area (Å²) < 4.78 is 0. The summed E-state index contributed by atoms with van der Waals surface area (Å²) in [4.78, 5) is 8.60. The van der Waals surface area contributed by atoms with Gasteiger partial charge < -0.3 is 4.98 Å². The fourth-order valence-corrected chi connectivity index (χ4v) is 4.56. The number of allylic oxidation sites excluding steroid dienone is 2. The zero-order chi connectivity index (χ0) is 20.1. The molecule has 4 aromatic rings. The SMILES string of the molecule is CC1=CC(C)=NC1=C(c1[nH]c(C)cc1C)c1c2ccccc2cc2ccccc12. The van der Waals surface area contributed by atoms with E-state index in [1.807, 2.05) is 0 Å². The minimum Gasteiger partial charge on any atom is -0.358 e. The van der Waals surface area contributed by atoms with Gasteiger partial charge in [-0.25, -0.2) is 0 Å². The summed E-state index contributed by atoms with van der Waals surface area (Å²) >= 11 is 0. The molecule has 0 saturated carbocycles. The molecule has 0 amide bonds. The zero-order valence-corrected chi connectivity index (χ0v) is 17.3. The van der Waals surface area contributed by atoms with Crippen LogP contribution >= 0.6 is 0 Å². The van der Waals surface area contributed by atoms with Crippen molar-refractivity contribution in [2.45, 2.75) is 27.7 Å². The van der Waals surface area contributed by atoms with Gasteiger partial charge in [0.15, 0.2) is 0 Å². The molecule has 2 nitrogen and oxygen atoms in total. The van der Waals surface area contributed by atoms with Crippen LogP contribution in [0.2, 0.25) is 0 Å². The fourth-order valence-electron chi connectivity index (χ4n) is 4.56. The molecule has 0 fully saturated rings. The highest BCUT2D eigenvalue weighted by Gasteiger charge is 2.23. The molecule has 3 aromatic carbocycles. The van der Waals surface area contributed by atoms with Crippen molar-refractivity contribution >= 4 is 32.8 Å². The second-order valence-electron chi connectivity index (χ2n) is 8.01. The Bertz CT molecular complexity index is 1320. The van der Waals surface area contributed by atoms with E-state index in [4.69, 9.17) is 4.99 Å². The predicted molar refractivity (Wildman–Crippen MR) is 125 cm³/mol. The van der Waals surface area contributed by atoms with Gasteiger partial charge in [0, 0.05) is 22.5 Å². The highest BCUT2D eigenvalue weighted by molar-refractivity contribution is 6.13. The first kappa shape index (κ1) is 17.7. The topological polar surface area (TPSA) is 28.1 Å². The van der Waals surface area contributed by atoms with Crippen LogP contribution in [0.4, 0.5) is 0 Å². The first-order chi connectivity index (χ1) is 14.0. The molecule has 1 aliphatic heterocycles. The number of aliphatic imine (C=N–C) groups is 1. The average Bonchev–Trinajstić information content (AvgIpc) is 3.21. The number of hydrogen-bond acceptors (Lipinski definition) is 1. The van der Waals surface area contributed by atoms with Gasteiger partial charge in [-0.05, 0) is 78.6 Å². The minimum absolute atomic E-state index is 1.06. The van der Waals surface area contributed by atoms with Crippen LogP contribution in [0.1, 0.15) is 36.4 Å². The van der Waals surface area contributed by atoms with Crippen molar-refractivity contribution in [1.82, 2.24) is 4.98 Å². The maximum atomic E-state index is 4.97. The number of fused-ring (bicyclic) bond motifs is 2. The average molecular weight is 377 g/mol. The Kier molecular flexibility index (Phi) is 4.02. The van der Waals surface area contributed by atoms with E-state index in [1.165, 1.54) is 49.5 Å². The number of aromatic amines is 1. The van der Waals surface area contributed by atoms with E-state index in [-0.39, 0.29) is 0 Å². The molecule has 29 heavy (non-hydrogen) atoms. The Labute approximate surface area is 171 Å². The number of aromatic nitrogens is 1. The largest absolute Gasteiger partial charge is 0.358 e. The van der Waals surface area contributed by atoms with E-state index in [2.05, 4.69) is 99.4 Å². The second kappa shape index (κ2) is 6.59. The van der Waals surface area contributed by atoms with Crippen LogP contribution in [0.15, 0.2) is 83.0 Å². The number of nitrogens with zero attached hydrogens (tertiary/aromatic N) is 1. The van der Waals surface area contributed by atoms with Crippen LogP contribution in [0.3, 0.4) is 0 Å². The lowest BCUT2D eigenvalue weighted by Gasteiger charge is -2.17. The van der Waals surface area contributed by atoms with Gasteiger partial charge in [-0.2, -0.15) is 0 Å². The van der Waals surface area contributed by atoms with E-state index >= 15 is 0 Å². The molecule has 1 aromatic heterocycles. The highest BCUT2D eigenvalue weighted by Crippen LogP contribution is 2.41. The van der Waals surface area contributed by atoms with Crippen molar-refractivity contribution in [2.24, 2.45) is 4.99 Å². The number of H-pyrrole nitrogens is 1. The highest BCUT2D eigenvalue weighted by atomic mass is 14.8. The standard InChI is InChI=1S/C27H24N2/c1-16-13-18(3)28-26(16)25(27-17(2)14-19(4)29-27)24-22-11-7-5-9-20(22)15-21-10-6-8-12-23(21)24/h5-15,28H,1-4H3. The fraction of sp³-hybridized carbons (Fsp3) is 0.148. The van der Waals surface area contributed by atoms with E-state index in [0.717, 1.165) is 17.1 Å². The number of aryl methyl sites for hydroxylation is 2. The Morgan fingerprint density at radius 2 is 1.41 bits per heavy atom. The van der Waals surface area contributed by atoms with Gasteiger partial charge in [-0.1, -0.05) is 48.5 Å². The minimum atomic E-state index is 1.06. The Morgan fingerprint density at radius 3 is 1.93 bits per heavy atom. The summed E-state index contributed by atoms with van der Waals surface area (Å²) in [6, 6.07) is 21.8. The van der Waals surface area contributed by atoms with Gasteiger partial charge in [0.25, 0.3) is 0 Å². The summed E-state index contributed by atoms with van der Waals surface area (Å²) in [5.74, 6) is 0. The normalized spacial score (nSPS) is 15.7. The van der Waals surface area contributed by atoms with E-state index in [1.54, 1.807) is 0 Å². The monoisotopic (exact) mass is 376 g/mol. The first-order valence-corrected chi connectivity index (χ1v) is 10.1. The van der Waals surface area contributed by atoms with Crippen LogP contribution in [0.25, 0.3) is 27.1 Å². The lowest BCUT2D eigenvalue weighted by atomic mass is 9.87. The Balaban J connectivity index is 2.02. The van der Waals surface area contributed by atoms with Crippen molar-refractivity contribution < 1.29 is 0 Å². The summed E-state index contributed by atoms with van der Waals surface area (Å²) in [7, 11) is 0. The smallest absolute Gasteiger partial charge is 0.0762 e. The van der Waals surface area contributed by atoms with Crippen LogP contribution in [0.5, 0.6) is 0 Å². The Morgan fingerprint density at radius 1 is 0.793 bits per heavy atom. The Hall–Kier alpha value is -3.39. The molecule has 2 heterocycles. The lowest BCUT2D eigenvalue weighted by Crippen LogP contribution is -1.99. The predicted octanol–water partition coefficient (Wildman–Crippen LogP) is 7.12. The van der Waals surface area contributed by atoms with Crippen molar-refractivity contribution in [2.75, 3.05) is 0 Å². The quantitative estimate of drug-likeness (QED) is 0.361. The van der Waals surface area contributed by atoms with Crippen LogP contribution in [-0.4, -0.2) is 10.7 Å². The number of nitrogens with one attached hydrogen (secondary N) is 1. The molecular weight excluding hydrogens is 352 g/mol. The second-order valence-corrected chi connectivity index (χ2v) is 8.01. The third-order valence-corrected chi connectivity index (χ3v) is 5.74. The molecule has 0 aliphatic carbocycles. The van der Waals surface area contributed by atoms with Crippen molar-refractivity contribution in [3.63, 3.8) is 0 Å². The molecular formula is C27H24N2. The number of rotatable bonds is 2. The molecule has 142 valence electrons. The van der Waals surface area contributed by atoms with Crippen LogP contribution < -0.4 is 0 Å². The van der Waals surface area contributed by atoms with Gasteiger partial charge in [0.05, 0.1) is 11.4 Å². The summed E-state index contributed by atoms with van der Waals surface area (Å²) in [5.41, 5.74) is 9.34. The summed E-state index contributed by atoms with van der Waals surface area (Å²) in [6.07, 6.45) is 2.17. The first-order valence-electron chi connectivity index (χ1n) is 10.1.